The molecule has 0 unspecified atom stereocenters. The van der Waals surface area contributed by atoms with Gasteiger partial charge in [-0.1, -0.05) is 36.4 Å². The monoisotopic (exact) mass is 432 g/mol. The molecule has 0 aliphatic carbocycles. The number of anilines is 2. The second kappa shape index (κ2) is 9.86. The number of hydrogen-bond donors (Lipinski definition) is 2. The Morgan fingerprint density at radius 1 is 0.871 bits per heavy atom. The van der Waals surface area contributed by atoms with Crippen molar-refractivity contribution in [2.75, 3.05) is 23.2 Å². The number of fused-ring (bicyclic) bond motifs is 1. The van der Waals surface area contributed by atoms with Gasteiger partial charge in [-0.3, -0.25) is 9.59 Å². The Kier molecular flexibility index (Phi) is 6.54. The molecule has 1 aliphatic rings. The van der Waals surface area contributed by atoms with E-state index in [1.54, 1.807) is 24.3 Å². The summed E-state index contributed by atoms with van der Waals surface area (Å²) in [6.07, 6.45) is 3.25. The van der Waals surface area contributed by atoms with Crippen LogP contribution in [0.3, 0.4) is 0 Å². The van der Waals surface area contributed by atoms with Crippen LogP contribution in [0.2, 0.25) is 0 Å². The van der Waals surface area contributed by atoms with Gasteiger partial charge in [-0.05, 0) is 42.0 Å². The van der Waals surface area contributed by atoms with Crippen molar-refractivity contribution < 1.29 is 19.1 Å². The Balaban J connectivity index is 1.28. The number of amides is 2. The first-order valence-electron chi connectivity index (χ1n) is 9.62. The molecular weight excluding hydrogens is 412 g/mol. The molecule has 0 radical (unpaired) electrons. The van der Waals surface area contributed by atoms with Gasteiger partial charge < -0.3 is 20.1 Å². The summed E-state index contributed by atoms with van der Waals surface area (Å²) in [5.41, 5.74) is 2.28. The molecular formula is C24H20N2O4S. The maximum atomic E-state index is 12.3. The summed E-state index contributed by atoms with van der Waals surface area (Å²) in [7, 11) is 0. The predicted octanol–water partition coefficient (Wildman–Crippen LogP) is 4.80. The first-order valence-corrected chi connectivity index (χ1v) is 10.6. The zero-order valence-electron chi connectivity index (χ0n) is 16.5. The SMILES string of the molecule is O=C(/C=C/c1ccccc1)Nc1cccc(SCC(=O)Nc2ccc3c(c2)OCO3)c1. The molecule has 0 spiro atoms. The standard InChI is InChI=1S/C24H20N2O4S/c27-23(12-9-17-5-2-1-3-6-17)25-18-7-4-8-20(13-18)31-15-24(28)26-19-10-11-21-22(14-19)30-16-29-21/h1-14H,15-16H2,(H,25,27)(H,26,28)/b12-9+. The molecule has 156 valence electrons. The van der Waals surface area contributed by atoms with Crippen LogP contribution in [0, 0.1) is 0 Å². The number of rotatable bonds is 7. The van der Waals surface area contributed by atoms with Gasteiger partial charge in [-0.15, -0.1) is 11.8 Å². The molecule has 3 aromatic carbocycles. The van der Waals surface area contributed by atoms with Crippen LogP contribution in [0.25, 0.3) is 6.08 Å². The Morgan fingerprint density at radius 3 is 2.55 bits per heavy atom. The summed E-state index contributed by atoms with van der Waals surface area (Å²) in [6.45, 7) is 0.192. The van der Waals surface area contributed by atoms with E-state index < -0.39 is 0 Å². The minimum absolute atomic E-state index is 0.135. The minimum Gasteiger partial charge on any atom is -0.454 e. The van der Waals surface area contributed by atoms with E-state index in [4.69, 9.17) is 9.47 Å². The summed E-state index contributed by atoms with van der Waals surface area (Å²) >= 11 is 1.39. The molecule has 2 amide bonds. The van der Waals surface area contributed by atoms with Crippen molar-refractivity contribution >= 4 is 41.0 Å². The first kappa shape index (κ1) is 20.6. The fourth-order valence-electron chi connectivity index (χ4n) is 2.90. The second-order valence-corrected chi connectivity index (χ2v) is 7.71. The summed E-state index contributed by atoms with van der Waals surface area (Å²) in [5.74, 6) is 1.18. The van der Waals surface area contributed by atoms with Crippen molar-refractivity contribution in [2.45, 2.75) is 4.90 Å². The third-order valence-electron chi connectivity index (χ3n) is 4.35. The van der Waals surface area contributed by atoms with Crippen LogP contribution in [-0.2, 0) is 9.59 Å². The lowest BCUT2D eigenvalue weighted by Crippen LogP contribution is -2.14. The Morgan fingerprint density at radius 2 is 1.68 bits per heavy atom. The van der Waals surface area contributed by atoms with Crippen molar-refractivity contribution in [2.24, 2.45) is 0 Å². The lowest BCUT2D eigenvalue weighted by Gasteiger charge is -2.08. The number of thioether (sulfide) groups is 1. The summed E-state index contributed by atoms with van der Waals surface area (Å²) in [4.78, 5) is 25.3. The van der Waals surface area contributed by atoms with E-state index in [9.17, 15) is 9.59 Å². The second-order valence-electron chi connectivity index (χ2n) is 6.67. The average molecular weight is 433 g/mol. The van der Waals surface area contributed by atoms with E-state index in [1.807, 2.05) is 54.6 Å². The van der Waals surface area contributed by atoms with Crippen LogP contribution in [0.15, 0.2) is 83.8 Å². The van der Waals surface area contributed by atoms with E-state index in [1.165, 1.54) is 17.8 Å². The molecule has 0 fully saturated rings. The number of carbonyl (C=O) groups excluding carboxylic acids is 2. The molecule has 0 saturated carbocycles. The van der Waals surface area contributed by atoms with Crippen molar-refractivity contribution in [3.63, 3.8) is 0 Å². The van der Waals surface area contributed by atoms with E-state index >= 15 is 0 Å². The summed E-state index contributed by atoms with van der Waals surface area (Å²) in [5, 5.41) is 5.69. The fraction of sp³-hybridized carbons (Fsp3) is 0.0833. The molecule has 7 heteroatoms. The lowest BCUT2D eigenvalue weighted by molar-refractivity contribution is -0.114. The number of hydrogen-bond acceptors (Lipinski definition) is 5. The van der Waals surface area contributed by atoms with E-state index in [0.29, 0.717) is 22.9 Å². The van der Waals surface area contributed by atoms with Gasteiger partial charge in [0.1, 0.15) is 0 Å². The van der Waals surface area contributed by atoms with Crippen LogP contribution in [0.4, 0.5) is 11.4 Å². The molecule has 0 bridgehead atoms. The van der Waals surface area contributed by atoms with Crippen molar-refractivity contribution in [3.05, 3.63) is 84.4 Å². The van der Waals surface area contributed by atoms with Crippen LogP contribution < -0.4 is 20.1 Å². The van der Waals surface area contributed by atoms with Gasteiger partial charge in [0.25, 0.3) is 0 Å². The van der Waals surface area contributed by atoms with Gasteiger partial charge in [-0.2, -0.15) is 0 Å². The van der Waals surface area contributed by atoms with Gasteiger partial charge in [0, 0.05) is 28.4 Å². The maximum absolute atomic E-state index is 12.3. The Bertz CT molecular complexity index is 1120. The average Bonchev–Trinajstić information content (AvgIpc) is 3.25. The van der Waals surface area contributed by atoms with E-state index in [2.05, 4.69) is 10.6 Å². The molecule has 0 saturated heterocycles. The normalized spacial score (nSPS) is 12.0. The molecule has 6 nitrogen and oxygen atoms in total. The zero-order chi connectivity index (χ0) is 21.5. The quantitative estimate of drug-likeness (QED) is 0.414. The summed E-state index contributed by atoms with van der Waals surface area (Å²) in [6, 6.07) is 22.3. The molecule has 4 rings (SSSR count). The third-order valence-corrected chi connectivity index (χ3v) is 5.35. The number of benzene rings is 3. The van der Waals surface area contributed by atoms with Gasteiger partial charge in [0.2, 0.25) is 18.6 Å². The highest BCUT2D eigenvalue weighted by atomic mass is 32.2. The Hall–Kier alpha value is -3.71. The molecule has 31 heavy (non-hydrogen) atoms. The van der Waals surface area contributed by atoms with Crippen LogP contribution in [-0.4, -0.2) is 24.4 Å². The summed E-state index contributed by atoms with van der Waals surface area (Å²) < 4.78 is 10.6. The van der Waals surface area contributed by atoms with Gasteiger partial charge in [0.15, 0.2) is 11.5 Å². The topological polar surface area (TPSA) is 76.7 Å². The molecule has 0 aromatic heterocycles. The lowest BCUT2D eigenvalue weighted by atomic mass is 10.2. The first-order chi connectivity index (χ1) is 15.2. The van der Waals surface area contributed by atoms with Crippen molar-refractivity contribution in [3.8, 4) is 11.5 Å². The molecule has 1 heterocycles. The van der Waals surface area contributed by atoms with Gasteiger partial charge in [0.05, 0.1) is 5.75 Å². The van der Waals surface area contributed by atoms with Gasteiger partial charge in [-0.25, -0.2) is 0 Å². The zero-order valence-corrected chi connectivity index (χ0v) is 17.4. The Labute approximate surface area is 184 Å². The smallest absolute Gasteiger partial charge is 0.248 e. The highest BCUT2D eigenvalue weighted by Gasteiger charge is 2.14. The van der Waals surface area contributed by atoms with Crippen LogP contribution in [0.1, 0.15) is 5.56 Å². The number of ether oxygens (including phenoxy) is 2. The fourth-order valence-corrected chi connectivity index (χ4v) is 3.66. The molecule has 1 aliphatic heterocycles. The highest BCUT2D eigenvalue weighted by Crippen LogP contribution is 2.34. The van der Waals surface area contributed by atoms with Crippen molar-refractivity contribution in [1.82, 2.24) is 0 Å². The van der Waals surface area contributed by atoms with Crippen molar-refractivity contribution in [1.29, 1.82) is 0 Å². The molecule has 3 aromatic rings. The number of nitrogens with one attached hydrogen (secondary N) is 2. The molecule has 0 atom stereocenters. The van der Waals surface area contributed by atoms with Crippen LogP contribution >= 0.6 is 11.8 Å². The van der Waals surface area contributed by atoms with E-state index in [0.717, 1.165) is 10.5 Å². The number of carbonyl (C=O) groups is 2. The predicted molar refractivity (Wildman–Crippen MR) is 122 cm³/mol. The third kappa shape index (κ3) is 5.90. The van der Waals surface area contributed by atoms with E-state index in [-0.39, 0.29) is 24.4 Å². The maximum Gasteiger partial charge on any atom is 0.248 e. The minimum atomic E-state index is -0.216. The van der Waals surface area contributed by atoms with Gasteiger partial charge >= 0.3 is 0 Å². The largest absolute Gasteiger partial charge is 0.454 e. The van der Waals surface area contributed by atoms with Crippen LogP contribution in [0.5, 0.6) is 11.5 Å². The molecule has 2 N–H and O–H groups in total. The highest BCUT2D eigenvalue weighted by molar-refractivity contribution is 8.00.